The standard InChI is InChI=1S/C21H21N5O2.ClH/c1-14(19-25-26-21(28-19)24-20-22-11-6-12-23-20)16-9-5-10-17(13-16)18(27)15-7-3-2-4-8-15;/h2-5,7-10,13-14H,6,11-12H2,1H3,(H2,22,23,24,26);1H. The van der Waals surface area contributed by atoms with Crippen LogP contribution in [-0.4, -0.2) is 35.0 Å². The Kier molecular flexibility index (Phi) is 6.61. The Morgan fingerprint density at radius 2 is 1.76 bits per heavy atom. The number of ketones is 1. The van der Waals surface area contributed by atoms with Crippen molar-refractivity contribution in [2.45, 2.75) is 19.3 Å². The average Bonchev–Trinajstić information content (AvgIpc) is 3.22. The molecule has 1 fully saturated rings. The first-order valence-corrected chi connectivity index (χ1v) is 9.30. The number of nitrogens with zero attached hydrogens (tertiary/aromatic N) is 3. The number of carbonyl (C=O) groups excluding carboxylic acids is 1. The Balaban J connectivity index is 0.00000240. The van der Waals surface area contributed by atoms with Gasteiger partial charge in [0, 0.05) is 24.2 Å². The number of aromatic nitrogens is 2. The normalized spacial score (nSPS) is 14.2. The highest BCUT2D eigenvalue weighted by molar-refractivity contribution is 6.09. The highest BCUT2D eigenvalue weighted by atomic mass is 35.5. The first kappa shape index (κ1) is 20.5. The van der Waals surface area contributed by atoms with E-state index in [2.05, 4.69) is 25.8 Å². The molecule has 8 heteroatoms. The largest absolute Gasteiger partial charge is 0.406 e. The predicted octanol–water partition coefficient (Wildman–Crippen LogP) is 3.44. The molecule has 2 heterocycles. The second-order valence-corrected chi connectivity index (χ2v) is 6.63. The van der Waals surface area contributed by atoms with Gasteiger partial charge in [0.05, 0.1) is 5.92 Å². The average molecular weight is 412 g/mol. The zero-order valence-corrected chi connectivity index (χ0v) is 16.8. The van der Waals surface area contributed by atoms with Crippen LogP contribution in [0.4, 0.5) is 6.01 Å². The summed E-state index contributed by atoms with van der Waals surface area (Å²) in [4.78, 5) is 17.0. The smallest absolute Gasteiger partial charge is 0.345 e. The highest BCUT2D eigenvalue weighted by Gasteiger charge is 2.18. The van der Waals surface area contributed by atoms with Crippen LogP contribution in [0.1, 0.15) is 46.6 Å². The van der Waals surface area contributed by atoms with E-state index in [0.717, 1.165) is 25.1 Å². The van der Waals surface area contributed by atoms with Crippen molar-refractivity contribution in [3.05, 3.63) is 77.2 Å². The molecule has 2 aromatic carbocycles. The SMILES string of the molecule is CC(c1cccc(C(=O)c2ccccc2)c1)c1nnc(N=C2NCCCN2)o1.Cl. The van der Waals surface area contributed by atoms with Crippen LogP contribution in [0.5, 0.6) is 0 Å². The van der Waals surface area contributed by atoms with Crippen molar-refractivity contribution in [1.29, 1.82) is 0 Å². The monoisotopic (exact) mass is 411 g/mol. The van der Waals surface area contributed by atoms with Crippen molar-refractivity contribution >= 4 is 30.2 Å². The Hall–Kier alpha value is -3.19. The Morgan fingerprint density at radius 1 is 1.03 bits per heavy atom. The van der Waals surface area contributed by atoms with Gasteiger partial charge in [-0.25, -0.2) is 0 Å². The van der Waals surface area contributed by atoms with Crippen LogP contribution in [0.2, 0.25) is 0 Å². The maximum atomic E-state index is 12.7. The van der Waals surface area contributed by atoms with Gasteiger partial charge in [-0.3, -0.25) is 4.79 Å². The fourth-order valence-corrected chi connectivity index (χ4v) is 3.03. The van der Waals surface area contributed by atoms with Crippen LogP contribution in [0.15, 0.2) is 64.0 Å². The fraction of sp³-hybridized carbons (Fsp3) is 0.238. The molecular formula is C21H22ClN5O2. The summed E-state index contributed by atoms with van der Waals surface area (Å²) in [6, 6.07) is 17.0. The van der Waals surface area contributed by atoms with E-state index < -0.39 is 0 Å². The quantitative estimate of drug-likeness (QED) is 0.625. The molecule has 4 rings (SSSR count). The van der Waals surface area contributed by atoms with E-state index in [1.807, 2.05) is 61.5 Å². The molecule has 7 nitrogen and oxygen atoms in total. The van der Waals surface area contributed by atoms with Crippen molar-refractivity contribution in [2.24, 2.45) is 4.99 Å². The molecule has 0 spiro atoms. The Bertz CT molecular complexity index is 995. The van der Waals surface area contributed by atoms with Gasteiger partial charge in [-0.1, -0.05) is 53.6 Å². The number of benzene rings is 2. The molecule has 1 atom stereocenters. The summed E-state index contributed by atoms with van der Waals surface area (Å²) in [6.45, 7) is 3.70. The van der Waals surface area contributed by atoms with Crippen molar-refractivity contribution in [3.8, 4) is 0 Å². The molecule has 0 amide bonds. The molecule has 1 aliphatic heterocycles. The van der Waals surface area contributed by atoms with Crippen LogP contribution in [0.3, 0.4) is 0 Å². The molecule has 1 aromatic heterocycles. The molecule has 0 radical (unpaired) electrons. The van der Waals surface area contributed by atoms with Crippen molar-refractivity contribution in [2.75, 3.05) is 13.1 Å². The lowest BCUT2D eigenvalue weighted by atomic mass is 9.96. The van der Waals surface area contributed by atoms with Gasteiger partial charge in [-0.2, -0.15) is 4.99 Å². The highest BCUT2D eigenvalue weighted by Crippen LogP contribution is 2.26. The van der Waals surface area contributed by atoms with Gasteiger partial charge >= 0.3 is 6.01 Å². The molecule has 0 saturated carbocycles. The number of rotatable bonds is 5. The number of hydrogen-bond acceptors (Lipinski definition) is 5. The molecule has 1 saturated heterocycles. The summed E-state index contributed by atoms with van der Waals surface area (Å²) in [5.41, 5.74) is 2.22. The van der Waals surface area contributed by atoms with Gasteiger partial charge in [0.15, 0.2) is 5.78 Å². The second-order valence-electron chi connectivity index (χ2n) is 6.63. The van der Waals surface area contributed by atoms with Crippen LogP contribution in [0, 0.1) is 0 Å². The third-order valence-corrected chi connectivity index (χ3v) is 4.63. The molecule has 3 aromatic rings. The maximum absolute atomic E-state index is 12.7. The molecule has 29 heavy (non-hydrogen) atoms. The zero-order valence-electron chi connectivity index (χ0n) is 16.0. The van der Waals surface area contributed by atoms with Crippen LogP contribution in [-0.2, 0) is 0 Å². The lowest BCUT2D eigenvalue weighted by molar-refractivity contribution is 0.103. The fourth-order valence-electron chi connectivity index (χ4n) is 3.03. The van der Waals surface area contributed by atoms with Gasteiger partial charge in [0.25, 0.3) is 0 Å². The summed E-state index contributed by atoms with van der Waals surface area (Å²) in [5.74, 6) is 0.933. The number of halogens is 1. The molecule has 2 N–H and O–H groups in total. The number of aliphatic imine (C=N–C) groups is 1. The predicted molar refractivity (Wildman–Crippen MR) is 113 cm³/mol. The van der Waals surface area contributed by atoms with Crippen molar-refractivity contribution < 1.29 is 9.21 Å². The minimum absolute atomic E-state index is 0. The van der Waals surface area contributed by atoms with E-state index in [9.17, 15) is 4.79 Å². The van der Waals surface area contributed by atoms with Crippen molar-refractivity contribution in [1.82, 2.24) is 20.8 Å². The van der Waals surface area contributed by atoms with E-state index >= 15 is 0 Å². The maximum Gasteiger partial charge on any atom is 0.345 e. The third kappa shape index (κ3) is 4.81. The van der Waals surface area contributed by atoms with Crippen molar-refractivity contribution in [3.63, 3.8) is 0 Å². The molecule has 0 bridgehead atoms. The number of hydrogen-bond donors (Lipinski definition) is 2. The van der Waals surface area contributed by atoms with Gasteiger partial charge < -0.3 is 15.1 Å². The van der Waals surface area contributed by atoms with E-state index in [4.69, 9.17) is 4.42 Å². The van der Waals surface area contributed by atoms with Crippen LogP contribution >= 0.6 is 12.4 Å². The van der Waals surface area contributed by atoms with Gasteiger partial charge in [-0.15, -0.1) is 17.5 Å². The molecule has 1 unspecified atom stereocenters. The summed E-state index contributed by atoms with van der Waals surface area (Å²) < 4.78 is 5.71. The summed E-state index contributed by atoms with van der Waals surface area (Å²) in [7, 11) is 0. The van der Waals surface area contributed by atoms with Crippen LogP contribution < -0.4 is 10.6 Å². The summed E-state index contributed by atoms with van der Waals surface area (Å²) >= 11 is 0. The van der Waals surface area contributed by atoms with Crippen LogP contribution in [0.25, 0.3) is 0 Å². The first-order valence-electron chi connectivity index (χ1n) is 9.30. The second kappa shape index (κ2) is 9.34. The topological polar surface area (TPSA) is 92.4 Å². The minimum atomic E-state index is -0.155. The molecule has 150 valence electrons. The summed E-state index contributed by atoms with van der Waals surface area (Å²) in [6.07, 6.45) is 1.04. The van der Waals surface area contributed by atoms with E-state index in [1.54, 1.807) is 0 Å². The molecule has 1 aliphatic rings. The zero-order chi connectivity index (χ0) is 19.3. The summed E-state index contributed by atoms with van der Waals surface area (Å²) in [5, 5.41) is 14.4. The number of guanidine groups is 1. The van der Waals surface area contributed by atoms with Gasteiger partial charge in [0.1, 0.15) is 0 Å². The number of carbonyl (C=O) groups is 1. The molecular weight excluding hydrogens is 390 g/mol. The lowest BCUT2D eigenvalue weighted by Gasteiger charge is -2.16. The molecule has 0 aliphatic carbocycles. The van der Waals surface area contributed by atoms with E-state index in [-0.39, 0.29) is 30.1 Å². The van der Waals surface area contributed by atoms with Gasteiger partial charge in [0.2, 0.25) is 11.9 Å². The van der Waals surface area contributed by atoms with Gasteiger partial charge in [-0.05, 0) is 25.0 Å². The lowest BCUT2D eigenvalue weighted by Crippen LogP contribution is -2.43. The third-order valence-electron chi connectivity index (χ3n) is 4.63. The number of nitrogens with one attached hydrogen (secondary N) is 2. The van der Waals surface area contributed by atoms with E-state index in [1.165, 1.54) is 0 Å². The minimum Gasteiger partial charge on any atom is -0.406 e. The first-order chi connectivity index (χ1) is 13.7. The Morgan fingerprint density at radius 3 is 2.52 bits per heavy atom. The van der Waals surface area contributed by atoms with E-state index in [0.29, 0.717) is 23.0 Å². The Labute approximate surface area is 175 Å².